The third-order valence-electron chi connectivity index (χ3n) is 2.35. The molecular formula is C9H9IN2O2. The first kappa shape index (κ1) is 9.70. The Labute approximate surface area is 95.2 Å². The van der Waals surface area contributed by atoms with Crippen molar-refractivity contribution >= 4 is 34.0 Å². The molecule has 1 aromatic rings. The summed E-state index contributed by atoms with van der Waals surface area (Å²) in [5.74, 6) is 0. The Bertz CT molecular complexity index is 377. The van der Waals surface area contributed by atoms with Gasteiger partial charge in [-0.2, -0.15) is 0 Å². The number of hydrogen-bond donors (Lipinski definition) is 0. The molecular weight excluding hydrogens is 295 g/mol. The van der Waals surface area contributed by atoms with Crippen molar-refractivity contribution < 1.29 is 4.92 Å². The smallest absolute Gasteiger partial charge is 0.282 e. The minimum Gasteiger partial charge on any atom is -0.371 e. The predicted molar refractivity (Wildman–Crippen MR) is 62.6 cm³/mol. The van der Waals surface area contributed by atoms with Gasteiger partial charge < -0.3 is 4.90 Å². The van der Waals surface area contributed by atoms with Crippen molar-refractivity contribution in [2.24, 2.45) is 0 Å². The van der Waals surface area contributed by atoms with E-state index in [0.717, 1.165) is 18.8 Å². The van der Waals surface area contributed by atoms with E-state index in [-0.39, 0.29) is 10.6 Å². The van der Waals surface area contributed by atoms with Gasteiger partial charge in [0.25, 0.3) is 5.69 Å². The Hall–Kier alpha value is -0.850. The normalized spacial score (nSPS) is 15.1. The van der Waals surface area contributed by atoms with Crippen molar-refractivity contribution in [3.8, 4) is 0 Å². The second-order valence-electron chi connectivity index (χ2n) is 3.23. The molecule has 1 aliphatic heterocycles. The van der Waals surface area contributed by atoms with E-state index in [1.54, 1.807) is 6.07 Å². The summed E-state index contributed by atoms with van der Waals surface area (Å²) in [4.78, 5) is 12.4. The third-order valence-corrected chi connectivity index (χ3v) is 3.21. The van der Waals surface area contributed by atoms with Crippen molar-refractivity contribution in [3.63, 3.8) is 0 Å². The first-order valence-electron chi connectivity index (χ1n) is 4.37. The van der Waals surface area contributed by atoms with E-state index in [1.807, 2.05) is 34.7 Å². The summed E-state index contributed by atoms with van der Waals surface area (Å²) in [6.45, 7) is 2.13. The summed E-state index contributed by atoms with van der Waals surface area (Å²) in [6, 6.07) is 5.27. The molecule has 1 saturated heterocycles. The van der Waals surface area contributed by atoms with Gasteiger partial charge in [0.1, 0.15) is 0 Å². The number of nitro groups is 1. The maximum absolute atomic E-state index is 10.6. The molecule has 14 heavy (non-hydrogen) atoms. The topological polar surface area (TPSA) is 46.4 Å². The zero-order chi connectivity index (χ0) is 10.1. The second-order valence-corrected chi connectivity index (χ2v) is 4.40. The van der Waals surface area contributed by atoms with Crippen LogP contribution in [0.5, 0.6) is 0 Å². The fourth-order valence-electron chi connectivity index (χ4n) is 1.42. The predicted octanol–water partition coefficient (Wildman–Crippen LogP) is 2.41. The summed E-state index contributed by atoms with van der Waals surface area (Å²) in [7, 11) is 0. The Morgan fingerprint density at radius 2 is 2.14 bits per heavy atom. The molecule has 74 valence electrons. The lowest BCUT2D eigenvalue weighted by Gasteiger charge is -2.33. The molecule has 5 heteroatoms. The van der Waals surface area contributed by atoms with Crippen LogP contribution in [-0.4, -0.2) is 18.0 Å². The SMILES string of the molecule is O=[N+]([O-])c1ccc(N2CCC2)cc1I. The molecule has 0 unspecified atom stereocenters. The summed E-state index contributed by atoms with van der Waals surface area (Å²) in [5.41, 5.74) is 1.28. The van der Waals surface area contributed by atoms with E-state index in [2.05, 4.69) is 4.90 Å². The molecule has 0 atom stereocenters. The Balaban J connectivity index is 2.30. The van der Waals surface area contributed by atoms with Gasteiger partial charge in [0.15, 0.2) is 0 Å². The van der Waals surface area contributed by atoms with Crippen molar-refractivity contribution in [1.82, 2.24) is 0 Å². The van der Waals surface area contributed by atoms with Gasteiger partial charge in [0.05, 0.1) is 8.49 Å². The number of rotatable bonds is 2. The van der Waals surface area contributed by atoms with E-state index in [9.17, 15) is 10.1 Å². The average Bonchev–Trinajstić information content (AvgIpc) is 2.00. The van der Waals surface area contributed by atoms with E-state index in [0.29, 0.717) is 3.57 Å². The number of nitro benzene ring substituents is 1. The fourth-order valence-corrected chi connectivity index (χ4v) is 2.11. The minimum atomic E-state index is -0.346. The molecule has 1 aliphatic rings. The first-order valence-corrected chi connectivity index (χ1v) is 5.45. The Kier molecular flexibility index (Phi) is 2.58. The minimum absolute atomic E-state index is 0.190. The number of hydrogen-bond acceptors (Lipinski definition) is 3. The highest BCUT2D eigenvalue weighted by Crippen LogP contribution is 2.28. The van der Waals surface area contributed by atoms with Gasteiger partial charge in [-0.15, -0.1) is 0 Å². The molecule has 0 amide bonds. The van der Waals surface area contributed by atoms with Crippen LogP contribution in [0.4, 0.5) is 11.4 Å². The van der Waals surface area contributed by atoms with Crippen LogP contribution in [0.25, 0.3) is 0 Å². The lowest BCUT2D eigenvalue weighted by Crippen LogP contribution is -2.36. The van der Waals surface area contributed by atoms with Crippen molar-refractivity contribution in [1.29, 1.82) is 0 Å². The van der Waals surface area contributed by atoms with Gasteiger partial charge in [-0.3, -0.25) is 10.1 Å². The number of benzene rings is 1. The number of anilines is 1. The summed E-state index contributed by atoms with van der Waals surface area (Å²) < 4.78 is 0.706. The van der Waals surface area contributed by atoms with Gasteiger partial charge in [-0.05, 0) is 41.1 Å². The molecule has 2 rings (SSSR count). The van der Waals surface area contributed by atoms with Crippen LogP contribution in [0.2, 0.25) is 0 Å². The quantitative estimate of drug-likeness (QED) is 0.479. The van der Waals surface area contributed by atoms with Crippen molar-refractivity contribution in [3.05, 3.63) is 31.9 Å². The van der Waals surface area contributed by atoms with Gasteiger partial charge in [0.2, 0.25) is 0 Å². The van der Waals surface area contributed by atoms with Crippen LogP contribution in [0.3, 0.4) is 0 Å². The zero-order valence-corrected chi connectivity index (χ0v) is 9.60. The van der Waals surface area contributed by atoms with E-state index in [1.165, 1.54) is 6.42 Å². The van der Waals surface area contributed by atoms with Gasteiger partial charge in [0, 0.05) is 24.8 Å². The van der Waals surface area contributed by atoms with Crippen LogP contribution in [-0.2, 0) is 0 Å². The van der Waals surface area contributed by atoms with Crippen LogP contribution in [0.15, 0.2) is 18.2 Å². The number of halogens is 1. The molecule has 0 aromatic heterocycles. The lowest BCUT2D eigenvalue weighted by molar-refractivity contribution is -0.385. The summed E-state index contributed by atoms with van der Waals surface area (Å²) in [6.07, 6.45) is 1.22. The molecule has 0 saturated carbocycles. The molecule has 0 N–H and O–H groups in total. The van der Waals surface area contributed by atoms with E-state index in [4.69, 9.17) is 0 Å². The molecule has 1 aromatic carbocycles. The van der Waals surface area contributed by atoms with Crippen LogP contribution >= 0.6 is 22.6 Å². The largest absolute Gasteiger partial charge is 0.371 e. The Morgan fingerprint density at radius 3 is 2.57 bits per heavy atom. The molecule has 1 fully saturated rings. The monoisotopic (exact) mass is 304 g/mol. The van der Waals surface area contributed by atoms with Gasteiger partial charge in [-0.1, -0.05) is 0 Å². The Morgan fingerprint density at radius 1 is 1.43 bits per heavy atom. The van der Waals surface area contributed by atoms with Gasteiger partial charge >= 0.3 is 0 Å². The second kappa shape index (κ2) is 3.72. The molecule has 1 heterocycles. The first-order chi connectivity index (χ1) is 6.68. The maximum atomic E-state index is 10.6. The zero-order valence-electron chi connectivity index (χ0n) is 7.44. The van der Waals surface area contributed by atoms with Crippen LogP contribution in [0, 0.1) is 13.7 Å². The summed E-state index contributed by atoms with van der Waals surface area (Å²) in [5, 5.41) is 10.6. The molecule has 4 nitrogen and oxygen atoms in total. The lowest BCUT2D eigenvalue weighted by atomic mass is 10.2. The highest BCUT2D eigenvalue weighted by atomic mass is 127. The van der Waals surface area contributed by atoms with Gasteiger partial charge in [-0.25, -0.2) is 0 Å². The highest BCUT2D eigenvalue weighted by Gasteiger charge is 2.18. The molecule has 0 bridgehead atoms. The van der Waals surface area contributed by atoms with Crippen LogP contribution in [0.1, 0.15) is 6.42 Å². The molecule has 0 radical (unpaired) electrons. The fraction of sp³-hybridized carbons (Fsp3) is 0.333. The van der Waals surface area contributed by atoms with Crippen molar-refractivity contribution in [2.45, 2.75) is 6.42 Å². The standard InChI is InChI=1S/C9H9IN2O2/c10-8-6-7(11-4-1-5-11)2-3-9(8)12(13)14/h2-3,6H,1,4-5H2. The van der Waals surface area contributed by atoms with E-state index < -0.39 is 0 Å². The maximum Gasteiger partial charge on any atom is 0.282 e. The molecule has 0 spiro atoms. The van der Waals surface area contributed by atoms with Crippen LogP contribution < -0.4 is 4.90 Å². The molecule has 0 aliphatic carbocycles. The highest BCUT2D eigenvalue weighted by molar-refractivity contribution is 14.1. The summed E-state index contributed by atoms with van der Waals surface area (Å²) >= 11 is 2.01. The van der Waals surface area contributed by atoms with Crippen molar-refractivity contribution in [2.75, 3.05) is 18.0 Å². The van der Waals surface area contributed by atoms with E-state index >= 15 is 0 Å². The third kappa shape index (κ3) is 1.68. The number of nitrogens with zero attached hydrogens (tertiary/aromatic N) is 2. The average molecular weight is 304 g/mol.